The van der Waals surface area contributed by atoms with Crippen molar-refractivity contribution in [2.24, 2.45) is 5.92 Å². The Labute approximate surface area is 116 Å². The maximum atomic E-state index is 5.87. The third-order valence-electron chi connectivity index (χ3n) is 4.39. The monoisotopic (exact) mass is 262 g/mol. The minimum atomic E-state index is 0.812. The molecule has 0 aromatic carbocycles. The SMILES string of the molecule is c1nc(CCCNC2CC2)oc1CC1CCCCC1. The van der Waals surface area contributed by atoms with Gasteiger partial charge in [0, 0.05) is 18.9 Å². The summed E-state index contributed by atoms with van der Waals surface area (Å²) in [5, 5.41) is 3.53. The van der Waals surface area contributed by atoms with E-state index in [0.29, 0.717) is 0 Å². The fraction of sp³-hybridized carbons (Fsp3) is 0.812. The van der Waals surface area contributed by atoms with E-state index in [1.165, 1.54) is 44.9 Å². The molecule has 0 unspecified atom stereocenters. The van der Waals surface area contributed by atoms with E-state index in [1.807, 2.05) is 6.20 Å². The predicted molar refractivity (Wildman–Crippen MR) is 76.1 cm³/mol. The summed E-state index contributed by atoms with van der Waals surface area (Å²) < 4.78 is 5.87. The third-order valence-corrected chi connectivity index (χ3v) is 4.39. The highest BCUT2D eigenvalue weighted by Gasteiger charge is 2.19. The van der Waals surface area contributed by atoms with Gasteiger partial charge in [-0.2, -0.15) is 0 Å². The number of rotatable bonds is 7. The van der Waals surface area contributed by atoms with Gasteiger partial charge in [-0.15, -0.1) is 0 Å². The summed E-state index contributed by atoms with van der Waals surface area (Å²) in [6, 6.07) is 0.812. The zero-order chi connectivity index (χ0) is 12.9. The van der Waals surface area contributed by atoms with E-state index in [4.69, 9.17) is 4.42 Å². The first-order chi connectivity index (χ1) is 9.40. The lowest BCUT2D eigenvalue weighted by molar-refractivity contribution is 0.328. The van der Waals surface area contributed by atoms with Gasteiger partial charge in [-0.3, -0.25) is 0 Å². The molecule has 2 aliphatic rings. The molecule has 0 aliphatic heterocycles. The molecule has 0 spiro atoms. The van der Waals surface area contributed by atoms with Crippen molar-refractivity contribution in [3.8, 4) is 0 Å². The summed E-state index contributed by atoms with van der Waals surface area (Å²) in [6.07, 6.45) is 14.9. The third kappa shape index (κ3) is 4.34. The first-order valence-corrected chi connectivity index (χ1v) is 8.07. The minimum Gasteiger partial charge on any atom is -0.446 e. The van der Waals surface area contributed by atoms with Crippen LogP contribution in [0, 0.1) is 5.92 Å². The normalized spacial score (nSPS) is 20.8. The van der Waals surface area contributed by atoms with Crippen molar-refractivity contribution in [2.45, 2.75) is 70.3 Å². The largest absolute Gasteiger partial charge is 0.446 e. The van der Waals surface area contributed by atoms with Gasteiger partial charge >= 0.3 is 0 Å². The van der Waals surface area contributed by atoms with Gasteiger partial charge in [0.15, 0.2) is 5.89 Å². The number of aryl methyl sites for hydroxylation is 1. The van der Waals surface area contributed by atoms with Crippen molar-refractivity contribution in [1.82, 2.24) is 10.3 Å². The van der Waals surface area contributed by atoms with E-state index >= 15 is 0 Å². The molecule has 0 amide bonds. The summed E-state index contributed by atoms with van der Waals surface area (Å²) in [7, 11) is 0. The molecular formula is C16H26N2O. The molecule has 1 heterocycles. The highest BCUT2D eigenvalue weighted by molar-refractivity contribution is 4.96. The number of hydrogen-bond donors (Lipinski definition) is 1. The molecule has 0 bridgehead atoms. The first kappa shape index (κ1) is 13.2. The van der Waals surface area contributed by atoms with E-state index in [0.717, 1.165) is 49.4 Å². The van der Waals surface area contributed by atoms with E-state index in [9.17, 15) is 0 Å². The predicted octanol–water partition coefficient (Wildman–Crippen LogP) is 3.48. The number of nitrogens with one attached hydrogen (secondary N) is 1. The van der Waals surface area contributed by atoms with Crippen LogP contribution in [0.1, 0.15) is 63.0 Å². The van der Waals surface area contributed by atoms with Crippen LogP contribution < -0.4 is 5.32 Å². The lowest BCUT2D eigenvalue weighted by Gasteiger charge is -2.19. The van der Waals surface area contributed by atoms with Crippen LogP contribution in [-0.4, -0.2) is 17.6 Å². The fourth-order valence-corrected chi connectivity index (χ4v) is 3.07. The van der Waals surface area contributed by atoms with E-state index in [1.54, 1.807) is 0 Å². The minimum absolute atomic E-state index is 0.812. The lowest BCUT2D eigenvalue weighted by Crippen LogP contribution is -2.17. The molecule has 2 fully saturated rings. The molecule has 0 radical (unpaired) electrons. The van der Waals surface area contributed by atoms with Crippen LogP contribution in [0.5, 0.6) is 0 Å². The lowest BCUT2D eigenvalue weighted by atomic mass is 9.86. The zero-order valence-electron chi connectivity index (χ0n) is 11.9. The van der Waals surface area contributed by atoms with Crippen LogP contribution in [0.3, 0.4) is 0 Å². The highest BCUT2D eigenvalue weighted by atomic mass is 16.4. The molecular weight excluding hydrogens is 236 g/mol. The number of oxazole rings is 1. The Hall–Kier alpha value is -0.830. The van der Waals surface area contributed by atoms with Crippen LogP contribution in [0.25, 0.3) is 0 Å². The average Bonchev–Trinajstić information content (AvgIpc) is 3.16. The van der Waals surface area contributed by atoms with Crippen molar-refractivity contribution in [3.63, 3.8) is 0 Å². The second kappa shape index (κ2) is 6.56. The first-order valence-electron chi connectivity index (χ1n) is 8.07. The molecule has 0 atom stereocenters. The number of hydrogen-bond acceptors (Lipinski definition) is 3. The Morgan fingerprint density at radius 3 is 2.79 bits per heavy atom. The van der Waals surface area contributed by atoms with E-state index in [-0.39, 0.29) is 0 Å². The van der Waals surface area contributed by atoms with Crippen molar-refractivity contribution >= 4 is 0 Å². The van der Waals surface area contributed by atoms with Gasteiger partial charge in [-0.25, -0.2) is 4.98 Å². The van der Waals surface area contributed by atoms with Crippen molar-refractivity contribution in [3.05, 3.63) is 17.8 Å². The van der Waals surface area contributed by atoms with Gasteiger partial charge in [0.2, 0.25) is 0 Å². The summed E-state index contributed by atoms with van der Waals surface area (Å²) >= 11 is 0. The topological polar surface area (TPSA) is 38.1 Å². The maximum Gasteiger partial charge on any atom is 0.194 e. The molecule has 2 saturated carbocycles. The Morgan fingerprint density at radius 2 is 2.00 bits per heavy atom. The molecule has 2 aliphatic carbocycles. The van der Waals surface area contributed by atoms with Crippen molar-refractivity contribution in [2.75, 3.05) is 6.54 Å². The average molecular weight is 262 g/mol. The Kier molecular flexibility index (Phi) is 4.54. The van der Waals surface area contributed by atoms with E-state index in [2.05, 4.69) is 10.3 Å². The van der Waals surface area contributed by atoms with Gasteiger partial charge in [0.1, 0.15) is 5.76 Å². The Morgan fingerprint density at radius 1 is 1.16 bits per heavy atom. The molecule has 1 N–H and O–H groups in total. The van der Waals surface area contributed by atoms with Gasteiger partial charge in [-0.1, -0.05) is 32.1 Å². The molecule has 3 heteroatoms. The van der Waals surface area contributed by atoms with Gasteiger partial charge in [0.05, 0.1) is 6.20 Å². The van der Waals surface area contributed by atoms with Crippen LogP contribution >= 0.6 is 0 Å². The molecule has 3 rings (SSSR count). The van der Waals surface area contributed by atoms with Crippen molar-refractivity contribution < 1.29 is 4.42 Å². The maximum absolute atomic E-state index is 5.87. The summed E-state index contributed by atoms with van der Waals surface area (Å²) in [6.45, 7) is 1.10. The zero-order valence-corrected chi connectivity index (χ0v) is 11.9. The quantitative estimate of drug-likeness (QED) is 0.764. The summed E-state index contributed by atoms with van der Waals surface area (Å²) in [5.74, 6) is 2.88. The summed E-state index contributed by atoms with van der Waals surface area (Å²) in [4.78, 5) is 4.42. The molecule has 3 nitrogen and oxygen atoms in total. The smallest absolute Gasteiger partial charge is 0.194 e. The highest BCUT2D eigenvalue weighted by Crippen LogP contribution is 2.27. The number of nitrogens with zero attached hydrogens (tertiary/aromatic N) is 1. The molecule has 1 aromatic rings. The van der Waals surface area contributed by atoms with Gasteiger partial charge < -0.3 is 9.73 Å². The second-order valence-electron chi connectivity index (χ2n) is 6.26. The van der Waals surface area contributed by atoms with Crippen LogP contribution in [0.15, 0.2) is 10.6 Å². The summed E-state index contributed by atoms with van der Waals surface area (Å²) in [5.41, 5.74) is 0. The Bertz CT molecular complexity index is 378. The number of aromatic nitrogens is 1. The molecule has 19 heavy (non-hydrogen) atoms. The Balaban J connectivity index is 1.37. The molecule has 106 valence electrons. The van der Waals surface area contributed by atoms with Crippen LogP contribution in [0.4, 0.5) is 0 Å². The van der Waals surface area contributed by atoms with Crippen molar-refractivity contribution in [1.29, 1.82) is 0 Å². The fourth-order valence-electron chi connectivity index (χ4n) is 3.07. The molecule has 1 aromatic heterocycles. The van der Waals surface area contributed by atoms with Gasteiger partial charge in [-0.05, 0) is 31.7 Å². The molecule has 0 saturated heterocycles. The standard InChI is InChI=1S/C16H26N2O/c1-2-5-13(6-3-1)11-15-12-18-16(19-15)7-4-10-17-14-8-9-14/h12-14,17H,1-11H2. The second-order valence-corrected chi connectivity index (χ2v) is 6.26. The van der Waals surface area contributed by atoms with Crippen LogP contribution in [0.2, 0.25) is 0 Å². The van der Waals surface area contributed by atoms with Gasteiger partial charge in [0.25, 0.3) is 0 Å². The van der Waals surface area contributed by atoms with E-state index < -0.39 is 0 Å². The van der Waals surface area contributed by atoms with Crippen LogP contribution in [-0.2, 0) is 12.8 Å².